The van der Waals surface area contributed by atoms with Gasteiger partial charge in [0, 0.05) is 17.1 Å². The van der Waals surface area contributed by atoms with Gasteiger partial charge in [-0.05, 0) is 44.2 Å². The van der Waals surface area contributed by atoms with Gasteiger partial charge in [-0.15, -0.1) is 0 Å². The molecule has 2 aromatic heterocycles. The molecule has 4 aromatic rings. The van der Waals surface area contributed by atoms with E-state index in [2.05, 4.69) is 5.32 Å². The molecule has 2 heterocycles. The minimum atomic E-state index is -0.358. The smallest absolute Gasteiger partial charge is 0.308 e. The maximum atomic E-state index is 12.6. The predicted molar refractivity (Wildman–Crippen MR) is 107 cm³/mol. The van der Waals surface area contributed by atoms with Crippen molar-refractivity contribution in [2.24, 2.45) is 0 Å². The monoisotopic (exact) mass is 382 g/mol. The predicted octanol–water partition coefficient (Wildman–Crippen LogP) is 4.65. The van der Waals surface area contributed by atoms with Crippen LogP contribution >= 0.6 is 11.3 Å². The van der Waals surface area contributed by atoms with E-state index in [0.29, 0.717) is 17.0 Å². The van der Waals surface area contributed by atoms with Gasteiger partial charge in [0.15, 0.2) is 17.1 Å². The van der Waals surface area contributed by atoms with E-state index in [9.17, 15) is 9.59 Å². The van der Waals surface area contributed by atoms with Gasteiger partial charge >= 0.3 is 4.87 Å². The lowest BCUT2D eigenvalue weighted by Crippen LogP contribution is -2.14. The van der Waals surface area contributed by atoms with Crippen molar-refractivity contribution in [1.82, 2.24) is 4.57 Å². The van der Waals surface area contributed by atoms with Crippen molar-refractivity contribution >= 4 is 44.1 Å². The van der Waals surface area contributed by atoms with Crippen molar-refractivity contribution in [3.8, 4) is 5.75 Å². The molecule has 1 amide bonds. The average molecular weight is 382 g/mol. The molecule has 1 N–H and O–H groups in total. The number of hydrogen-bond acceptors (Lipinski definition) is 5. The first-order chi connectivity index (χ1) is 13.0. The molecule has 6 nitrogen and oxygen atoms in total. The summed E-state index contributed by atoms with van der Waals surface area (Å²) in [4.78, 5) is 24.7. The van der Waals surface area contributed by atoms with Gasteiger partial charge in [0.1, 0.15) is 0 Å². The second kappa shape index (κ2) is 6.59. The van der Waals surface area contributed by atoms with E-state index in [1.54, 1.807) is 35.9 Å². The molecule has 0 aliphatic heterocycles. The summed E-state index contributed by atoms with van der Waals surface area (Å²) in [6.07, 6.45) is 0. The number of nitrogens with one attached hydrogen (secondary N) is 1. The van der Waals surface area contributed by atoms with Gasteiger partial charge in [0.25, 0.3) is 5.91 Å². The Hall–Kier alpha value is -3.06. The number of benzene rings is 2. The van der Waals surface area contributed by atoms with Gasteiger partial charge in [-0.2, -0.15) is 0 Å². The van der Waals surface area contributed by atoms with Gasteiger partial charge in [-0.3, -0.25) is 14.2 Å². The average Bonchev–Trinajstić information content (AvgIpc) is 3.21. The number of nitrogens with zero attached hydrogens (tertiary/aromatic N) is 1. The number of carbonyl (C=O) groups excluding carboxylic acids is 1. The van der Waals surface area contributed by atoms with Crippen LogP contribution in [0.2, 0.25) is 0 Å². The largest absolute Gasteiger partial charge is 0.493 e. The van der Waals surface area contributed by atoms with Crippen molar-refractivity contribution in [3.05, 3.63) is 57.9 Å². The number of anilines is 1. The van der Waals surface area contributed by atoms with Crippen molar-refractivity contribution in [2.75, 3.05) is 12.4 Å². The topological polar surface area (TPSA) is 73.5 Å². The number of rotatable bonds is 4. The summed E-state index contributed by atoms with van der Waals surface area (Å²) in [7, 11) is 1.56. The lowest BCUT2D eigenvalue weighted by molar-refractivity contribution is 0.0998. The van der Waals surface area contributed by atoms with Crippen molar-refractivity contribution in [1.29, 1.82) is 0 Å². The molecule has 0 atom stereocenters. The highest BCUT2D eigenvalue weighted by molar-refractivity contribution is 7.16. The fourth-order valence-electron chi connectivity index (χ4n) is 3.10. The van der Waals surface area contributed by atoms with Crippen LogP contribution in [-0.4, -0.2) is 17.6 Å². The minimum Gasteiger partial charge on any atom is -0.493 e. The number of aromatic nitrogens is 1. The normalized spacial score (nSPS) is 11.4. The molecule has 0 unspecified atom stereocenters. The van der Waals surface area contributed by atoms with Gasteiger partial charge in [0.2, 0.25) is 0 Å². The van der Waals surface area contributed by atoms with E-state index in [1.807, 2.05) is 32.0 Å². The second-order valence-electron chi connectivity index (χ2n) is 6.46. The number of amides is 1. The third-order valence-electron chi connectivity index (χ3n) is 4.34. The standard InChI is InChI=1S/C20H18N2O4S/c1-11(2)22-14-8-7-13(10-17(14)27-20(22)24)21-19(23)16-9-12-5-4-6-15(25-3)18(12)26-16/h4-11H,1-3H3,(H,21,23). The van der Waals surface area contributed by atoms with Crippen LogP contribution in [0.4, 0.5) is 5.69 Å². The number of hydrogen-bond donors (Lipinski definition) is 1. The first-order valence-corrected chi connectivity index (χ1v) is 9.32. The molecule has 0 saturated heterocycles. The number of ether oxygens (including phenoxy) is 1. The lowest BCUT2D eigenvalue weighted by atomic mass is 10.2. The first-order valence-electron chi connectivity index (χ1n) is 8.51. The Balaban J connectivity index is 1.66. The molecule has 0 fully saturated rings. The van der Waals surface area contributed by atoms with E-state index in [4.69, 9.17) is 9.15 Å². The van der Waals surface area contributed by atoms with Gasteiger partial charge in [-0.25, -0.2) is 0 Å². The van der Waals surface area contributed by atoms with Crippen LogP contribution in [0.25, 0.3) is 21.2 Å². The van der Waals surface area contributed by atoms with Crippen LogP contribution in [0.5, 0.6) is 5.75 Å². The van der Waals surface area contributed by atoms with Crippen LogP contribution in [-0.2, 0) is 0 Å². The molecule has 0 spiro atoms. The molecule has 0 aliphatic rings. The summed E-state index contributed by atoms with van der Waals surface area (Å²) in [6, 6.07) is 12.7. The van der Waals surface area contributed by atoms with Crippen LogP contribution in [0.1, 0.15) is 30.4 Å². The van der Waals surface area contributed by atoms with Crippen LogP contribution in [0.3, 0.4) is 0 Å². The molecule has 0 saturated carbocycles. The van der Waals surface area contributed by atoms with Gasteiger partial charge in [-0.1, -0.05) is 23.5 Å². The Labute approximate surface area is 159 Å². The molecule has 4 rings (SSSR count). The molecule has 27 heavy (non-hydrogen) atoms. The highest BCUT2D eigenvalue weighted by Gasteiger charge is 2.16. The first kappa shape index (κ1) is 17.4. The number of methoxy groups -OCH3 is 1. The van der Waals surface area contributed by atoms with Crippen molar-refractivity contribution in [3.63, 3.8) is 0 Å². The molecule has 0 radical (unpaired) electrons. The third-order valence-corrected chi connectivity index (χ3v) is 5.26. The summed E-state index contributed by atoms with van der Waals surface area (Å²) < 4.78 is 13.5. The summed E-state index contributed by atoms with van der Waals surface area (Å²) in [6.45, 7) is 3.94. The summed E-state index contributed by atoms with van der Waals surface area (Å²) >= 11 is 1.17. The second-order valence-corrected chi connectivity index (χ2v) is 7.45. The third kappa shape index (κ3) is 3.00. The summed E-state index contributed by atoms with van der Waals surface area (Å²) in [5, 5.41) is 3.62. The fourth-order valence-corrected chi connectivity index (χ4v) is 4.16. The zero-order chi connectivity index (χ0) is 19.1. The van der Waals surface area contributed by atoms with Gasteiger partial charge < -0.3 is 14.5 Å². The fraction of sp³-hybridized carbons (Fsp3) is 0.200. The molecule has 138 valence electrons. The molecule has 0 bridgehead atoms. The zero-order valence-corrected chi connectivity index (χ0v) is 15.9. The van der Waals surface area contributed by atoms with E-state index in [0.717, 1.165) is 15.6 Å². The van der Waals surface area contributed by atoms with Crippen molar-refractivity contribution in [2.45, 2.75) is 19.9 Å². The molecule has 7 heteroatoms. The zero-order valence-electron chi connectivity index (χ0n) is 15.1. The SMILES string of the molecule is COc1cccc2cc(C(=O)Nc3ccc4c(c3)sc(=O)n4C(C)C)oc12. The number of furan rings is 1. The number of para-hydroxylation sites is 1. The van der Waals surface area contributed by atoms with Crippen molar-refractivity contribution < 1.29 is 13.9 Å². The van der Waals surface area contributed by atoms with Crippen LogP contribution < -0.4 is 14.9 Å². The highest BCUT2D eigenvalue weighted by atomic mass is 32.1. The number of fused-ring (bicyclic) bond motifs is 2. The minimum absolute atomic E-state index is 0.00662. The Morgan fingerprint density at radius 2 is 2.04 bits per heavy atom. The maximum Gasteiger partial charge on any atom is 0.308 e. The van der Waals surface area contributed by atoms with Crippen LogP contribution in [0, 0.1) is 0 Å². The maximum absolute atomic E-state index is 12.6. The van der Waals surface area contributed by atoms with E-state index in [1.165, 1.54) is 11.3 Å². The van der Waals surface area contributed by atoms with Gasteiger partial charge in [0.05, 0.1) is 17.3 Å². The molecular formula is C20H18N2O4S. The quantitative estimate of drug-likeness (QED) is 0.557. The van der Waals surface area contributed by atoms with E-state index in [-0.39, 0.29) is 22.6 Å². The highest BCUT2D eigenvalue weighted by Crippen LogP contribution is 2.29. The molecule has 2 aromatic carbocycles. The lowest BCUT2D eigenvalue weighted by Gasteiger charge is -2.08. The summed E-state index contributed by atoms with van der Waals surface area (Å²) in [5.74, 6) is 0.415. The number of carbonyl (C=O) groups is 1. The Kier molecular flexibility index (Phi) is 4.24. The van der Waals surface area contributed by atoms with Crippen LogP contribution in [0.15, 0.2) is 51.7 Å². The Morgan fingerprint density at radius 3 is 2.78 bits per heavy atom. The molecular weight excluding hydrogens is 364 g/mol. The molecule has 0 aliphatic carbocycles. The Bertz CT molecular complexity index is 1220. The van der Waals surface area contributed by atoms with E-state index < -0.39 is 0 Å². The summed E-state index contributed by atoms with van der Waals surface area (Å²) in [5.41, 5.74) is 2.01. The van der Waals surface area contributed by atoms with E-state index >= 15 is 0 Å². The number of thiazole rings is 1. The Morgan fingerprint density at radius 1 is 1.22 bits per heavy atom.